The molecule has 2 aliphatic rings. The lowest BCUT2D eigenvalue weighted by molar-refractivity contribution is 0.170. The van der Waals surface area contributed by atoms with Crippen molar-refractivity contribution in [3.8, 4) is 11.5 Å². The largest absolute Gasteiger partial charge is 0.486 e. The van der Waals surface area contributed by atoms with Gasteiger partial charge in [0.05, 0.1) is 10.6 Å². The van der Waals surface area contributed by atoms with Crippen LogP contribution in [0.1, 0.15) is 31.4 Å². The third-order valence-corrected chi connectivity index (χ3v) is 5.59. The van der Waals surface area contributed by atoms with Gasteiger partial charge in [0.25, 0.3) is 0 Å². The van der Waals surface area contributed by atoms with E-state index in [1.54, 1.807) is 6.07 Å². The molecule has 0 spiro atoms. The topological polar surface area (TPSA) is 64.6 Å². The second-order valence-electron chi connectivity index (χ2n) is 5.11. The lowest BCUT2D eigenvalue weighted by atomic mass is 10.0. The Kier molecular flexibility index (Phi) is 3.60. The van der Waals surface area contributed by atoms with Gasteiger partial charge in [-0.1, -0.05) is 6.92 Å². The molecule has 1 unspecified atom stereocenters. The van der Waals surface area contributed by atoms with Gasteiger partial charge in [-0.25, -0.2) is 8.42 Å². The molecule has 1 atom stereocenters. The first-order valence-corrected chi connectivity index (χ1v) is 8.66. The second kappa shape index (κ2) is 5.26. The Balaban J connectivity index is 2.15. The number of rotatable bonds is 2. The highest BCUT2D eigenvalue weighted by molar-refractivity contribution is 7.91. The number of benzene rings is 1. The van der Waals surface area contributed by atoms with Gasteiger partial charge in [0.1, 0.15) is 13.2 Å². The lowest BCUT2D eigenvalue weighted by Crippen LogP contribution is -2.22. The highest BCUT2D eigenvalue weighted by Gasteiger charge is 2.30. The molecule has 3 rings (SSSR count). The summed E-state index contributed by atoms with van der Waals surface area (Å²) in [5.74, 6) is 1.38. The predicted molar refractivity (Wildman–Crippen MR) is 75.1 cm³/mol. The molecule has 1 N–H and O–H groups in total. The standard InChI is InChI=1S/C14H19NO4S/c1-2-15-11-4-3-7-20(16,17)14-9-13-12(8-10(11)14)18-5-6-19-13/h8-9,11,15H,2-7H2,1H3. The predicted octanol–water partition coefficient (Wildman–Crippen LogP) is 1.68. The van der Waals surface area contributed by atoms with Crippen LogP contribution in [0.2, 0.25) is 0 Å². The van der Waals surface area contributed by atoms with E-state index in [9.17, 15) is 8.42 Å². The fourth-order valence-electron chi connectivity index (χ4n) is 2.83. The van der Waals surface area contributed by atoms with Crippen molar-refractivity contribution in [2.45, 2.75) is 30.7 Å². The third-order valence-electron chi connectivity index (χ3n) is 3.74. The normalized spacial score (nSPS) is 23.8. The molecule has 5 nitrogen and oxygen atoms in total. The minimum absolute atomic E-state index is 0.0584. The molecule has 1 aromatic rings. The van der Waals surface area contributed by atoms with Crippen molar-refractivity contribution < 1.29 is 17.9 Å². The molecule has 0 amide bonds. The maximum absolute atomic E-state index is 12.4. The summed E-state index contributed by atoms with van der Waals surface area (Å²) in [7, 11) is -3.24. The number of nitrogens with one attached hydrogen (secondary N) is 1. The molecule has 110 valence electrons. The minimum Gasteiger partial charge on any atom is -0.486 e. The molecule has 2 aliphatic heterocycles. The minimum atomic E-state index is -3.24. The summed E-state index contributed by atoms with van der Waals surface area (Å²) in [5.41, 5.74) is 0.814. The van der Waals surface area contributed by atoms with E-state index in [-0.39, 0.29) is 11.8 Å². The lowest BCUT2D eigenvalue weighted by Gasteiger charge is -2.23. The Hall–Kier alpha value is -1.27. The van der Waals surface area contributed by atoms with Gasteiger partial charge in [0, 0.05) is 12.1 Å². The molecular weight excluding hydrogens is 278 g/mol. The van der Waals surface area contributed by atoms with E-state index in [1.165, 1.54) is 0 Å². The van der Waals surface area contributed by atoms with Gasteiger partial charge in [0.15, 0.2) is 21.3 Å². The van der Waals surface area contributed by atoms with E-state index in [2.05, 4.69) is 5.32 Å². The molecule has 0 saturated carbocycles. The van der Waals surface area contributed by atoms with Gasteiger partial charge in [0.2, 0.25) is 0 Å². The molecule has 0 aromatic heterocycles. The van der Waals surface area contributed by atoms with Crippen LogP contribution < -0.4 is 14.8 Å². The monoisotopic (exact) mass is 297 g/mol. The average Bonchev–Trinajstić information content (AvgIpc) is 2.55. The van der Waals surface area contributed by atoms with Crippen molar-refractivity contribution in [3.05, 3.63) is 17.7 Å². The quantitative estimate of drug-likeness (QED) is 0.899. The number of hydrogen-bond acceptors (Lipinski definition) is 5. The van der Waals surface area contributed by atoms with E-state index >= 15 is 0 Å². The van der Waals surface area contributed by atoms with Crippen molar-refractivity contribution in [3.63, 3.8) is 0 Å². The smallest absolute Gasteiger partial charge is 0.178 e. The number of hydrogen-bond donors (Lipinski definition) is 1. The summed E-state index contributed by atoms with van der Waals surface area (Å²) in [4.78, 5) is 0.394. The van der Waals surface area contributed by atoms with Crippen LogP contribution in [0, 0.1) is 0 Å². The van der Waals surface area contributed by atoms with Crippen molar-refractivity contribution in [1.29, 1.82) is 0 Å². The SMILES string of the molecule is CCNC1CCCS(=O)(=O)c2cc3c(cc21)OCCO3. The summed E-state index contributed by atoms with van der Waals surface area (Å²) in [6.07, 6.45) is 1.49. The molecule has 20 heavy (non-hydrogen) atoms. The van der Waals surface area contributed by atoms with Crippen molar-refractivity contribution >= 4 is 9.84 Å². The summed E-state index contributed by atoms with van der Waals surface area (Å²) < 4.78 is 35.9. The van der Waals surface area contributed by atoms with Gasteiger partial charge in [-0.05, 0) is 31.0 Å². The molecule has 0 aliphatic carbocycles. The first kappa shape index (κ1) is 13.7. The molecule has 0 fully saturated rings. The molecule has 0 saturated heterocycles. The summed E-state index contributed by atoms with van der Waals surface area (Å²) in [6, 6.07) is 3.53. The maximum atomic E-state index is 12.4. The van der Waals surface area contributed by atoms with Crippen LogP contribution in [0.15, 0.2) is 17.0 Å². The Labute approximate surface area is 119 Å². The van der Waals surface area contributed by atoms with Gasteiger partial charge in [-0.3, -0.25) is 0 Å². The average molecular weight is 297 g/mol. The van der Waals surface area contributed by atoms with Crippen molar-refractivity contribution in [1.82, 2.24) is 5.32 Å². The van der Waals surface area contributed by atoms with Gasteiger partial charge in [-0.15, -0.1) is 0 Å². The van der Waals surface area contributed by atoms with Crippen LogP contribution >= 0.6 is 0 Å². The van der Waals surface area contributed by atoms with Crippen LogP contribution in [-0.2, 0) is 9.84 Å². The zero-order chi connectivity index (χ0) is 14.2. The number of fused-ring (bicyclic) bond motifs is 2. The Morgan fingerprint density at radius 3 is 2.65 bits per heavy atom. The van der Waals surface area contributed by atoms with E-state index in [4.69, 9.17) is 9.47 Å². The second-order valence-corrected chi connectivity index (χ2v) is 7.18. The molecule has 0 bridgehead atoms. The highest BCUT2D eigenvalue weighted by Crippen LogP contribution is 2.40. The van der Waals surface area contributed by atoms with Gasteiger partial charge in [-0.2, -0.15) is 0 Å². The Morgan fingerprint density at radius 1 is 1.25 bits per heavy atom. The van der Waals surface area contributed by atoms with Crippen LogP contribution in [0.4, 0.5) is 0 Å². The molecule has 2 heterocycles. The molecule has 0 radical (unpaired) electrons. The fraction of sp³-hybridized carbons (Fsp3) is 0.571. The van der Waals surface area contributed by atoms with Crippen LogP contribution in [0.5, 0.6) is 11.5 Å². The molecule has 1 aromatic carbocycles. The Bertz CT molecular complexity index is 612. The third kappa shape index (κ3) is 2.38. The zero-order valence-corrected chi connectivity index (χ0v) is 12.3. The van der Waals surface area contributed by atoms with E-state index in [0.717, 1.165) is 18.5 Å². The Morgan fingerprint density at radius 2 is 1.95 bits per heavy atom. The first-order valence-electron chi connectivity index (χ1n) is 7.01. The number of ether oxygens (including phenoxy) is 2. The van der Waals surface area contributed by atoms with E-state index in [0.29, 0.717) is 36.0 Å². The van der Waals surface area contributed by atoms with Crippen LogP contribution in [0.25, 0.3) is 0 Å². The van der Waals surface area contributed by atoms with Gasteiger partial charge < -0.3 is 14.8 Å². The van der Waals surface area contributed by atoms with Crippen molar-refractivity contribution in [2.75, 3.05) is 25.5 Å². The fourth-order valence-corrected chi connectivity index (χ4v) is 4.44. The summed E-state index contributed by atoms with van der Waals surface area (Å²) in [5, 5.41) is 3.36. The molecule has 6 heteroatoms. The van der Waals surface area contributed by atoms with Crippen LogP contribution in [0.3, 0.4) is 0 Å². The number of sulfone groups is 1. The zero-order valence-electron chi connectivity index (χ0n) is 11.5. The van der Waals surface area contributed by atoms with Crippen molar-refractivity contribution in [2.24, 2.45) is 0 Å². The maximum Gasteiger partial charge on any atom is 0.178 e. The first-order chi connectivity index (χ1) is 9.62. The highest BCUT2D eigenvalue weighted by atomic mass is 32.2. The van der Waals surface area contributed by atoms with E-state index < -0.39 is 9.84 Å². The summed E-state index contributed by atoms with van der Waals surface area (Å²) in [6.45, 7) is 3.79. The van der Waals surface area contributed by atoms with E-state index in [1.807, 2.05) is 13.0 Å². The molecular formula is C14H19NO4S. The van der Waals surface area contributed by atoms with Gasteiger partial charge >= 0.3 is 0 Å². The summed E-state index contributed by atoms with van der Waals surface area (Å²) >= 11 is 0. The van der Waals surface area contributed by atoms with Crippen LogP contribution in [-0.4, -0.2) is 33.9 Å².